The van der Waals surface area contributed by atoms with Crippen molar-refractivity contribution in [3.63, 3.8) is 0 Å². The summed E-state index contributed by atoms with van der Waals surface area (Å²) in [5, 5.41) is 6.30. The molecule has 166 valence electrons. The second-order valence-electron chi connectivity index (χ2n) is 9.01. The van der Waals surface area contributed by atoms with Crippen molar-refractivity contribution in [2.24, 2.45) is 5.10 Å². The second kappa shape index (κ2) is 9.96. The van der Waals surface area contributed by atoms with Crippen LogP contribution in [0.25, 0.3) is 6.08 Å². The number of aromatic nitrogens is 1. The molecule has 0 radical (unpaired) electrons. The van der Waals surface area contributed by atoms with Gasteiger partial charge in [0.25, 0.3) is 5.91 Å². The summed E-state index contributed by atoms with van der Waals surface area (Å²) < 4.78 is 0. The average molecular weight is 439 g/mol. The van der Waals surface area contributed by atoms with Crippen LogP contribution >= 0.6 is 11.3 Å². The van der Waals surface area contributed by atoms with E-state index >= 15 is 0 Å². The van der Waals surface area contributed by atoms with E-state index in [2.05, 4.69) is 41.2 Å². The number of carbonyl (C=O) groups is 1. The highest BCUT2D eigenvalue weighted by Gasteiger charge is 2.26. The number of aromatic amines is 1. The molecule has 1 fully saturated rings. The van der Waals surface area contributed by atoms with Crippen LogP contribution in [0.2, 0.25) is 0 Å². The molecule has 0 atom stereocenters. The molecule has 2 N–H and O–H groups in total. The number of unbranched alkanes of at least 4 members (excludes halogenated alkanes) is 1. The van der Waals surface area contributed by atoms with Gasteiger partial charge >= 0.3 is 0 Å². The maximum Gasteiger partial charge on any atom is 0.273 e. The lowest BCUT2D eigenvalue weighted by atomic mass is 9.93. The minimum atomic E-state index is -0.131. The SMILES string of the molecule is Cc1[nH]c(C=C2C(=O)NN=C2c2cccs2)c(C(C)C)c1CCCCN1CCCCC1. The van der Waals surface area contributed by atoms with Gasteiger partial charge in [-0.2, -0.15) is 5.10 Å². The Labute approximate surface area is 189 Å². The predicted molar refractivity (Wildman–Crippen MR) is 130 cm³/mol. The van der Waals surface area contributed by atoms with E-state index in [9.17, 15) is 4.79 Å². The van der Waals surface area contributed by atoms with Gasteiger partial charge < -0.3 is 9.88 Å². The van der Waals surface area contributed by atoms with Crippen molar-refractivity contribution in [2.45, 2.75) is 65.2 Å². The number of H-pyrrole nitrogens is 1. The number of likely N-dealkylation sites (tertiary alicyclic amines) is 1. The van der Waals surface area contributed by atoms with Crippen molar-refractivity contribution >= 4 is 29.0 Å². The van der Waals surface area contributed by atoms with Crippen LogP contribution in [0.3, 0.4) is 0 Å². The summed E-state index contributed by atoms with van der Waals surface area (Å²) in [5.41, 5.74) is 9.06. The Bertz CT molecular complexity index is 962. The lowest BCUT2D eigenvalue weighted by Gasteiger charge is -2.26. The number of piperidine rings is 1. The fraction of sp³-hybridized carbons (Fsp3) is 0.520. The van der Waals surface area contributed by atoms with Gasteiger partial charge in [-0.3, -0.25) is 4.79 Å². The van der Waals surface area contributed by atoms with Crippen LogP contribution in [0.1, 0.15) is 79.3 Å². The summed E-state index contributed by atoms with van der Waals surface area (Å²) in [4.78, 5) is 19.7. The van der Waals surface area contributed by atoms with E-state index in [0.717, 1.165) is 22.7 Å². The first kappa shape index (κ1) is 22.0. The minimum absolute atomic E-state index is 0.131. The van der Waals surface area contributed by atoms with Gasteiger partial charge in [-0.05, 0) is 93.2 Å². The van der Waals surface area contributed by atoms with Crippen molar-refractivity contribution < 1.29 is 4.79 Å². The molecule has 5 nitrogen and oxygen atoms in total. The van der Waals surface area contributed by atoms with Crippen molar-refractivity contribution in [1.29, 1.82) is 0 Å². The van der Waals surface area contributed by atoms with E-state index in [1.165, 1.54) is 68.6 Å². The molecule has 0 aliphatic carbocycles. The number of nitrogens with zero attached hydrogens (tertiary/aromatic N) is 2. The van der Waals surface area contributed by atoms with Gasteiger partial charge in [0, 0.05) is 11.4 Å². The zero-order valence-electron chi connectivity index (χ0n) is 19.0. The maximum atomic E-state index is 12.5. The van der Waals surface area contributed by atoms with Crippen LogP contribution in [0.4, 0.5) is 0 Å². The highest BCUT2D eigenvalue weighted by molar-refractivity contribution is 7.12. The Morgan fingerprint density at radius 3 is 2.74 bits per heavy atom. The molecular formula is C25H34N4OS. The molecule has 0 aromatic carbocycles. The molecule has 4 heterocycles. The first-order valence-electron chi connectivity index (χ1n) is 11.6. The highest BCUT2D eigenvalue weighted by atomic mass is 32.1. The van der Waals surface area contributed by atoms with Crippen LogP contribution in [0.5, 0.6) is 0 Å². The van der Waals surface area contributed by atoms with Gasteiger partial charge in [-0.25, -0.2) is 5.43 Å². The molecule has 2 aromatic rings. The van der Waals surface area contributed by atoms with Gasteiger partial charge in [-0.1, -0.05) is 26.3 Å². The fourth-order valence-electron chi connectivity index (χ4n) is 4.84. The number of hydrogen-bond acceptors (Lipinski definition) is 4. The molecule has 0 saturated carbocycles. The summed E-state index contributed by atoms with van der Waals surface area (Å²) in [5.74, 6) is 0.258. The third kappa shape index (κ3) is 5.01. The first-order valence-corrected chi connectivity index (χ1v) is 12.5. The summed E-state index contributed by atoms with van der Waals surface area (Å²) in [6, 6.07) is 4.00. The van der Waals surface area contributed by atoms with E-state index in [0.29, 0.717) is 11.5 Å². The van der Waals surface area contributed by atoms with Crippen molar-refractivity contribution in [1.82, 2.24) is 15.3 Å². The van der Waals surface area contributed by atoms with Crippen molar-refractivity contribution in [3.05, 3.63) is 50.5 Å². The van der Waals surface area contributed by atoms with Crippen LogP contribution in [-0.2, 0) is 11.2 Å². The van der Waals surface area contributed by atoms with Crippen LogP contribution in [0.15, 0.2) is 28.2 Å². The zero-order valence-corrected chi connectivity index (χ0v) is 19.8. The molecule has 1 saturated heterocycles. The highest BCUT2D eigenvalue weighted by Crippen LogP contribution is 2.31. The molecule has 4 rings (SSSR count). The Kier molecular flexibility index (Phi) is 7.08. The Morgan fingerprint density at radius 2 is 2.03 bits per heavy atom. The molecule has 0 spiro atoms. The van der Waals surface area contributed by atoms with Crippen LogP contribution < -0.4 is 5.43 Å². The normalized spacial score (nSPS) is 18.8. The van der Waals surface area contributed by atoms with Crippen LogP contribution in [0, 0.1) is 6.92 Å². The van der Waals surface area contributed by atoms with E-state index in [1.54, 1.807) is 11.3 Å². The number of hydrazone groups is 1. The molecule has 2 aromatic heterocycles. The number of hydrogen-bond donors (Lipinski definition) is 2. The third-order valence-electron chi connectivity index (χ3n) is 6.38. The first-order chi connectivity index (χ1) is 15.0. The van der Waals surface area contributed by atoms with E-state index < -0.39 is 0 Å². The molecule has 0 unspecified atom stereocenters. The lowest BCUT2D eigenvalue weighted by Crippen LogP contribution is -2.30. The Balaban J connectivity index is 1.51. The number of rotatable bonds is 8. The molecule has 0 bridgehead atoms. The molecular weight excluding hydrogens is 404 g/mol. The maximum absolute atomic E-state index is 12.5. The molecule has 31 heavy (non-hydrogen) atoms. The van der Waals surface area contributed by atoms with Gasteiger partial charge in [0.1, 0.15) is 5.71 Å². The van der Waals surface area contributed by atoms with E-state index in [4.69, 9.17) is 0 Å². The largest absolute Gasteiger partial charge is 0.359 e. The van der Waals surface area contributed by atoms with Gasteiger partial charge in [0.2, 0.25) is 0 Å². The second-order valence-corrected chi connectivity index (χ2v) is 9.95. The van der Waals surface area contributed by atoms with Gasteiger partial charge in [0.05, 0.1) is 10.5 Å². The number of aryl methyl sites for hydroxylation is 1. The minimum Gasteiger partial charge on any atom is -0.359 e. The Morgan fingerprint density at radius 1 is 1.23 bits per heavy atom. The summed E-state index contributed by atoms with van der Waals surface area (Å²) >= 11 is 1.60. The number of amides is 1. The number of nitrogens with one attached hydrogen (secondary N) is 2. The predicted octanol–water partition coefficient (Wildman–Crippen LogP) is 5.23. The average Bonchev–Trinajstić information content (AvgIpc) is 3.47. The molecule has 2 aliphatic heterocycles. The van der Waals surface area contributed by atoms with Crippen molar-refractivity contribution in [3.8, 4) is 0 Å². The summed E-state index contributed by atoms with van der Waals surface area (Å²) in [6.45, 7) is 10.4. The van der Waals surface area contributed by atoms with Crippen LogP contribution in [-0.4, -0.2) is 41.1 Å². The van der Waals surface area contributed by atoms with Crippen molar-refractivity contribution in [2.75, 3.05) is 19.6 Å². The number of thiophene rings is 1. The summed E-state index contributed by atoms with van der Waals surface area (Å²) in [7, 11) is 0. The fourth-order valence-corrected chi connectivity index (χ4v) is 5.57. The number of carbonyl (C=O) groups excluding carboxylic acids is 1. The molecule has 1 amide bonds. The van der Waals surface area contributed by atoms with Gasteiger partial charge in [-0.15, -0.1) is 11.3 Å². The van der Waals surface area contributed by atoms with E-state index in [1.807, 2.05) is 23.6 Å². The lowest BCUT2D eigenvalue weighted by molar-refractivity contribution is -0.116. The standard InChI is InChI=1S/C25H34N4OS/c1-17(2)23-19(10-5-8-14-29-12-6-4-7-13-29)18(3)26-21(23)16-20-24(27-28-25(20)30)22-11-9-15-31-22/h9,11,15-17,26H,4-8,10,12-14H2,1-3H3,(H,28,30). The summed E-state index contributed by atoms with van der Waals surface area (Å²) in [6.07, 6.45) is 9.65. The smallest absolute Gasteiger partial charge is 0.273 e. The Hall–Kier alpha value is -2.18. The zero-order chi connectivity index (χ0) is 21.8. The van der Waals surface area contributed by atoms with E-state index in [-0.39, 0.29) is 5.91 Å². The molecule has 2 aliphatic rings. The monoisotopic (exact) mass is 438 g/mol. The quantitative estimate of drug-likeness (QED) is 0.438. The third-order valence-corrected chi connectivity index (χ3v) is 7.26. The topological polar surface area (TPSA) is 60.5 Å². The molecule has 6 heteroatoms. The van der Waals surface area contributed by atoms with Gasteiger partial charge in [0.15, 0.2) is 0 Å².